The zero-order valence-electron chi connectivity index (χ0n) is 14.2. The summed E-state index contributed by atoms with van der Waals surface area (Å²) in [6.45, 7) is 1.24. The Morgan fingerprint density at radius 2 is 2.08 bits per heavy atom. The van der Waals surface area contributed by atoms with Crippen LogP contribution in [0.1, 0.15) is 48.8 Å². The predicted molar refractivity (Wildman–Crippen MR) is 90.8 cm³/mol. The minimum atomic E-state index is -0.379. The van der Waals surface area contributed by atoms with Crippen molar-refractivity contribution in [2.24, 2.45) is 7.05 Å². The third-order valence-electron chi connectivity index (χ3n) is 5.29. The second kappa shape index (κ2) is 5.64. The molecule has 25 heavy (non-hydrogen) atoms. The van der Waals surface area contributed by atoms with Crippen LogP contribution in [0.3, 0.4) is 0 Å². The Hall–Kier alpha value is -2.25. The Bertz CT molecular complexity index is 913. The molecule has 1 aliphatic heterocycles. The lowest BCUT2D eigenvalue weighted by molar-refractivity contribution is 0.167. The summed E-state index contributed by atoms with van der Waals surface area (Å²) in [5, 5.41) is 14.3. The number of aliphatic hydroxyl groups excluding tert-OH is 1. The first-order valence-corrected chi connectivity index (χ1v) is 8.85. The van der Waals surface area contributed by atoms with Gasteiger partial charge >= 0.3 is 0 Å². The van der Waals surface area contributed by atoms with Gasteiger partial charge in [0.25, 0.3) is 0 Å². The second-order valence-corrected chi connectivity index (χ2v) is 7.18. The number of aliphatic hydroxyl groups is 1. The van der Waals surface area contributed by atoms with E-state index in [1.807, 2.05) is 25.2 Å². The number of β-amino-alcohol motifs (C(OH)–C–C–N with tert-alkyl or cyclic N) is 1. The molecule has 0 spiro atoms. The van der Waals surface area contributed by atoms with Crippen molar-refractivity contribution < 1.29 is 9.63 Å². The summed E-state index contributed by atoms with van der Waals surface area (Å²) in [5.74, 6) is 2.88. The predicted octanol–water partition coefficient (Wildman–Crippen LogP) is 2.14. The van der Waals surface area contributed by atoms with E-state index in [4.69, 9.17) is 9.51 Å². The van der Waals surface area contributed by atoms with Gasteiger partial charge in [-0.25, -0.2) is 4.98 Å². The monoisotopic (exact) mass is 339 g/mol. The molecule has 0 amide bonds. The van der Waals surface area contributed by atoms with E-state index in [9.17, 15) is 5.11 Å². The van der Waals surface area contributed by atoms with E-state index in [-0.39, 0.29) is 12.1 Å². The first-order valence-electron chi connectivity index (χ1n) is 8.85. The lowest BCUT2D eigenvalue weighted by Gasteiger charge is -2.20. The number of rotatable bonds is 4. The fourth-order valence-corrected chi connectivity index (χ4v) is 3.72. The molecule has 0 unspecified atom stereocenters. The molecule has 2 aliphatic rings. The molecule has 2 fully saturated rings. The number of fused-ring (bicyclic) bond motifs is 1. The highest BCUT2D eigenvalue weighted by Gasteiger charge is 2.38. The van der Waals surface area contributed by atoms with Gasteiger partial charge in [-0.05, 0) is 31.4 Å². The highest BCUT2D eigenvalue weighted by atomic mass is 16.5. The number of hydrogen-bond acceptors (Lipinski definition) is 6. The summed E-state index contributed by atoms with van der Waals surface area (Å²) in [7, 11) is 2.03. The Balaban J connectivity index is 1.43. The molecule has 1 saturated heterocycles. The van der Waals surface area contributed by atoms with Gasteiger partial charge in [-0.3, -0.25) is 4.90 Å². The van der Waals surface area contributed by atoms with Gasteiger partial charge in [0.15, 0.2) is 5.82 Å². The average Bonchev–Trinajstić information content (AvgIpc) is 3.10. The molecule has 0 radical (unpaired) electrons. The van der Waals surface area contributed by atoms with E-state index >= 15 is 0 Å². The van der Waals surface area contributed by atoms with Crippen LogP contribution in [0.2, 0.25) is 0 Å². The maximum absolute atomic E-state index is 10.2. The third kappa shape index (κ3) is 2.63. The number of benzene rings is 1. The maximum Gasteiger partial charge on any atom is 0.244 e. The molecule has 2 aromatic heterocycles. The first-order chi connectivity index (χ1) is 12.2. The van der Waals surface area contributed by atoms with E-state index < -0.39 is 0 Å². The molecular formula is C18H21N5O2. The smallest absolute Gasteiger partial charge is 0.244 e. The van der Waals surface area contributed by atoms with Gasteiger partial charge in [0.2, 0.25) is 5.89 Å². The van der Waals surface area contributed by atoms with Crippen molar-refractivity contribution in [3.63, 3.8) is 0 Å². The second-order valence-electron chi connectivity index (χ2n) is 7.18. The van der Waals surface area contributed by atoms with Crippen LogP contribution in [0.25, 0.3) is 11.0 Å². The number of likely N-dealkylation sites (tertiary alicyclic amines) is 1. The third-order valence-corrected chi connectivity index (χ3v) is 5.29. The lowest BCUT2D eigenvalue weighted by Crippen LogP contribution is -2.26. The molecule has 130 valence electrons. The molecule has 0 bridgehead atoms. The van der Waals surface area contributed by atoms with E-state index in [2.05, 4.69) is 25.7 Å². The Morgan fingerprint density at radius 3 is 2.88 bits per heavy atom. The summed E-state index contributed by atoms with van der Waals surface area (Å²) < 4.78 is 7.63. The van der Waals surface area contributed by atoms with Crippen molar-refractivity contribution in [1.82, 2.24) is 24.6 Å². The summed E-state index contributed by atoms with van der Waals surface area (Å²) in [6, 6.07) is 8.07. The molecular weight excluding hydrogens is 318 g/mol. The Labute approximate surface area is 145 Å². The fourth-order valence-electron chi connectivity index (χ4n) is 3.72. The minimum Gasteiger partial charge on any atom is -0.392 e. The number of nitrogens with zero attached hydrogens (tertiary/aromatic N) is 5. The molecule has 2 atom stereocenters. The number of hydrogen-bond donors (Lipinski definition) is 1. The highest BCUT2D eigenvalue weighted by Crippen LogP contribution is 2.40. The van der Waals surface area contributed by atoms with Crippen LogP contribution in [0.15, 0.2) is 28.8 Å². The van der Waals surface area contributed by atoms with Crippen LogP contribution in [-0.2, 0) is 13.6 Å². The van der Waals surface area contributed by atoms with Crippen molar-refractivity contribution in [3.8, 4) is 0 Å². The fraction of sp³-hybridized carbons (Fsp3) is 0.500. The van der Waals surface area contributed by atoms with E-state index in [1.54, 1.807) is 0 Å². The molecule has 1 aliphatic carbocycles. The van der Waals surface area contributed by atoms with Crippen LogP contribution >= 0.6 is 0 Å². The van der Waals surface area contributed by atoms with Crippen molar-refractivity contribution in [3.05, 3.63) is 41.8 Å². The number of aryl methyl sites for hydroxylation is 1. The van der Waals surface area contributed by atoms with Crippen LogP contribution in [0, 0.1) is 0 Å². The average molecular weight is 339 g/mol. The van der Waals surface area contributed by atoms with Gasteiger partial charge < -0.3 is 14.2 Å². The minimum absolute atomic E-state index is 0.0465. The molecule has 3 heterocycles. The van der Waals surface area contributed by atoms with Gasteiger partial charge in [0.05, 0.1) is 29.7 Å². The van der Waals surface area contributed by atoms with E-state index in [0.29, 0.717) is 31.3 Å². The van der Waals surface area contributed by atoms with Gasteiger partial charge in [-0.2, -0.15) is 4.98 Å². The highest BCUT2D eigenvalue weighted by molar-refractivity contribution is 5.75. The zero-order chi connectivity index (χ0) is 17.0. The number of aromatic nitrogens is 4. The van der Waals surface area contributed by atoms with Crippen LogP contribution in [0.5, 0.6) is 0 Å². The molecule has 7 nitrogen and oxygen atoms in total. The lowest BCUT2D eigenvalue weighted by atomic mass is 10.2. The molecule has 3 aromatic rings. The summed E-state index contributed by atoms with van der Waals surface area (Å²) >= 11 is 0. The molecule has 5 rings (SSSR count). The number of para-hydroxylation sites is 2. The largest absolute Gasteiger partial charge is 0.392 e. The zero-order valence-corrected chi connectivity index (χ0v) is 14.2. The standard InChI is InChI=1S/C18H21N5O2/c1-22-14-5-3-2-4-13(14)19-16(22)10-23-9-12(24)8-15(23)18-20-17(21-25-18)11-6-7-11/h2-5,11-12,15,24H,6-10H2,1H3/t12-,15+/m1/s1. The van der Waals surface area contributed by atoms with E-state index in [1.165, 1.54) is 0 Å². The Kier molecular flexibility index (Phi) is 3.39. The number of imidazole rings is 1. The summed E-state index contributed by atoms with van der Waals surface area (Å²) in [4.78, 5) is 11.5. The first kappa shape index (κ1) is 15.0. The van der Waals surface area contributed by atoms with Crippen LogP contribution in [0.4, 0.5) is 0 Å². The SMILES string of the molecule is Cn1c(CN2C[C@H](O)C[C@H]2c2nc(C3CC3)no2)nc2ccccc21. The van der Waals surface area contributed by atoms with Crippen molar-refractivity contribution >= 4 is 11.0 Å². The molecule has 1 saturated carbocycles. The molecule has 7 heteroatoms. The van der Waals surface area contributed by atoms with Crippen molar-refractivity contribution in [2.75, 3.05) is 6.54 Å². The summed E-state index contributed by atoms with van der Waals surface area (Å²) in [6.07, 6.45) is 2.54. The van der Waals surface area contributed by atoms with Gasteiger partial charge in [-0.1, -0.05) is 17.3 Å². The summed E-state index contributed by atoms with van der Waals surface area (Å²) in [5.41, 5.74) is 2.10. The van der Waals surface area contributed by atoms with Crippen LogP contribution in [-0.4, -0.2) is 42.3 Å². The van der Waals surface area contributed by atoms with Gasteiger partial charge in [0.1, 0.15) is 5.82 Å². The van der Waals surface area contributed by atoms with E-state index in [0.717, 1.165) is 35.5 Å². The quantitative estimate of drug-likeness (QED) is 0.784. The topological polar surface area (TPSA) is 80.2 Å². The van der Waals surface area contributed by atoms with Gasteiger partial charge in [-0.15, -0.1) is 0 Å². The molecule has 1 aromatic carbocycles. The normalized spacial score (nSPS) is 24.4. The van der Waals surface area contributed by atoms with Crippen LogP contribution < -0.4 is 0 Å². The Morgan fingerprint density at radius 1 is 1.24 bits per heavy atom. The van der Waals surface area contributed by atoms with Gasteiger partial charge in [0, 0.05) is 19.5 Å². The molecule has 1 N–H and O–H groups in total. The maximum atomic E-state index is 10.2. The van der Waals surface area contributed by atoms with Crippen molar-refractivity contribution in [1.29, 1.82) is 0 Å². The van der Waals surface area contributed by atoms with Crippen molar-refractivity contribution in [2.45, 2.75) is 43.9 Å².